The lowest BCUT2D eigenvalue weighted by Crippen LogP contribution is -2.41. The number of likely N-dealkylation sites (tertiary alicyclic amines) is 1. The molecule has 0 aromatic rings. The maximum absolute atomic E-state index is 12.9. The van der Waals surface area contributed by atoms with Gasteiger partial charge in [-0.15, -0.1) is 0 Å². The van der Waals surface area contributed by atoms with Gasteiger partial charge in [0.05, 0.1) is 0 Å². The Morgan fingerprint density at radius 1 is 1.45 bits per heavy atom. The van der Waals surface area contributed by atoms with Gasteiger partial charge in [-0.25, -0.2) is 8.78 Å². The lowest BCUT2D eigenvalue weighted by molar-refractivity contribution is -0.168. The van der Waals surface area contributed by atoms with Gasteiger partial charge in [-0.1, -0.05) is 0 Å². The van der Waals surface area contributed by atoms with Gasteiger partial charge < -0.3 is 9.64 Å². The quantitative estimate of drug-likeness (QED) is 0.730. The summed E-state index contributed by atoms with van der Waals surface area (Å²) in [6, 6.07) is 0.397. The first-order valence-electron chi connectivity index (χ1n) is 7.14. The van der Waals surface area contributed by atoms with Crippen LogP contribution in [0, 0.1) is 5.92 Å². The van der Waals surface area contributed by atoms with Crippen molar-refractivity contribution in [1.82, 2.24) is 4.90 Å². The van der Waals surface area contributed by atoms with Crippen molar-refractivity contribution in [2.24, 2.45) is 5.92 Å². The van der Waals surface area contributed by atoms with Crippen molar-refractivity contribution >= 4 is 11.9 Å². The largest absolute Gasteiger partial charge is 0.456 e. The fourth-order valence-corrected chi connectivity index (χ4v) is 2.44. The lowest BCUT2D eigenvalue weighted by atomic mass is 9.93. The maximum atomic E-state index is 12.9. The molecule has 2 unspecified atom stereocenters. The Hall–Kier alpha value is -1.20. The molecule has 114 valence electrons. The molecule has 0 aromatic heterocycles. The van der Waals surface area contributed by atoms with Crippen LogP contribution in [0.25, 0.3) is 0 Å². The predicted molar refractivity (Wildman–Crippen MR) is 68.3 cm³/mol. The van der Waals surface area contributed by atoms with E-state index in [1.807, 2.05) is 4.90 Å². The second-order valence-electron chi connectivity index (χ2n) is 5.97. The van der Waals surface area contributed by atoms with Gasteiger partial charge in [-0.05, 0) is 32.1 Å². The second-order valence-corrected chi connectivity index (χ2v) is 5.97. The van der Waals surface area contributed by atoms with Crippen molar-refractivity contribution in [2.45, 2.75) is 64.0 Å². The number of nitrogens with zero attached hydrogens (tertiary/aromatic N) is 1. The minimum absolute atomic E-state index is 0.0463. The standard InChI is InChI=1S/C14H21F2NO3/c1-9(14(2,15)16)20-13(19)8-10-5-6-17(11-3-4-11)12(18)7-10/h9-11H,3-8H2,1-2H3. The highest BCUT2D eigenvalue weighted by molar-refractivity contribution is 5.79. The Morgan fingerprint density at radius 2 is 2.10 bits per heavy atom. The van der Waals surface area contributed by atoms with Crippen molar-refractivity contribution in [2.75, 3.05) is 6.54 Å². The molecule has 0 bridgehead atoms. The zero-order valence-corrected chi connectivity index (χ0v) is 11.9. The molecular formula is C14H21F2NO3. The SMILES string of the molecule is CC(OC(=O)CC1CCN(C2CC2)C(=O)C1)C(C)(F)F. The molecular weight excluding hydrogens is 268 g/mol. The molecule has 20 heavy (non-hydrogen) atoms. The van der Waals surface area contributed by atoms with Gasteiger partial charge in [0.15, 0.2) is 6.10 Å². The van der Waals surface area contributed by atoms with Crippen LogP contribution in [-0.2, 0) is 14.3 Å². The zero-order valence-electron chi connectivity index (χ0n) is 11.9. The number of piperidine rings is 1. The fraction of sp³-hybridized carbons (Fsp3) is 0.857. The minimum atomic E-state index is -3.04. The first-order chi connectivity index (χ1) is 9.27. The smallest absolute Gasteiger partial charge is 0.306 e. The summed E-state index contributed by atoms with van der Waals surface area (Å²) in [6.45, 7) is 2.57. The normalized spacial score (nSPS) is 25.5. The molecule has 0 N–H and O–H groups in total. The molecule has 0 radical (unpaired) electrons. The second kappa shape index (κ2) is 5.66. The maximum Gasteiger partial charge on any atom is 0.306 e. The third kappa shape index (κ3) is 3.90. The number of hydrogen-bond donors (Lipinski definition) is 0. The number of alkyl halides is 2. The van der Waals surface area contributed by atoms with Gasteiger partial charge in [-0.2, -0.15) is 0 Å². The third-order valence-electron chi connectivity index (χ3n) is 4.03. The average Bonchev–Trinajstić information content (AvgIpc) is 3.11. The van der Waals surface area contributed by atoms with Crippen molar-refractivity contribution in [1.29, 1.82) is 0 Å². The minimum Gasteiger partial charge on any atom is -0.456 e. The van der Waals surface area contributed by atoms with Gasteiger partial charge in [0, 0.05) is 32.4 Å². The van der Waals surface area contributed by atoms with E-state index in [1.165, 1.54) is 6.92 Å². The summed E-state index contributed by atoms with van der Waals surface area (Å²) >= 11 is 0. The van der Waals surface area contributed by atoms with E-state index >= 15 is 0 Å². The highest BCUT2D eigenvalue weighted by Gasteiger charge is 2.38. The zero-order chi connectivity index (χ0) is 14.9. The van der Waals surface area contributed by atoms with Crippen LogP contribution in [0.4, 0.5) is 8.78 Å². The molecule has 1 heterocycles. The summed E-state index contributed by atoms with van der Waals surface area (Å²) in [7, 11) is 0. The molecule has 0 spiro atoms. The van der Waals surface area contributed by atoms with Crippen LogP contribution in [0.2, 0.25) is 0 Å². The van der Waals surface area contributed by atoms with Crippen LogP contribution in [0.15, 0.2) is 0 Å². The molecule has 1 aliphatic carbocycles. The molecule has 2 fully saturated rings. The molecule has 2 atom stereocenters. The Bertz CT molecular complexity index is 390. The number of ether oxygens (including phenoxy) is 1. The van der Waals surface area contributed by atoms with E-state index in [0.29, 0.717) is 19.0 Å². The third-order valence-corrected chi connectivity index (χ3v) is 4.03. The van der Waals surface area contributed by atoms with Crippen LogP contribution in [0.3, 0.4) is 0 Å². The summed E-state index contributed by atoms with van der Waals surface area (Å²) < 4.78 is 30.6. The van der Waals surface area contributed by atoms with E-state index in [4.69, 9.17) is 4.74 Å². The van der Waals surface area contributed by atoms with Crippen LogP contribution < -0.4 is 0 Å². The molecule has 2 aliphatic rings. The van der Waals surface area contributed by atoms with E-state index in [0.717, 1.165) is 26.2 Å². The topological polar surface area (TPSA) is 46.6 Å². The van der Waals surface area contributed by atoms with Crippen molar-refractivity contribution in [3.8, 4) is 0 Å². The first-order valence-corrected chi connectivity index (χ1v) is 7.14. The number of amides is 1. The van der Waals surface area contributed by atoms with Crippen LogP contribution in [0.5, 0.6) is 0 Å². The van der Waals surface area contributed by atoms with Gasteiger partial charge >= 0.3 is 5.97 Å². The highest BCUT2D eigenvalue weighted by Crippen LogP contribution is 2.32. The number of halogens is 2. The van der Waals surface area contributed by atoms with E-state index in [1.54, 1.807) is 0 Å². The van der Waals surface area contributed by atoms with E-state index < -0.39 is 18.0 Å². The van der Waals surface area contributed by atoms with E-state index in [2.05, 4.69) is 0 Å². The average molecular weight is 289 g/mol. The molecule has 2 rings (SSSR count). The number of esters is 1. The number of carbonyl (C=O) groups is 2. The fourth-order valence-electron chi connectivity index (χ4n) is 2.44. The van der Waals surface area contributed by atoms with E-state index in [-0.39, 0.29) is 18.2 Å². The molecule has 0 aromatic carbocycles. The number of carbonyl (C=O) groups excluding carboxylic acids is 2. The van der Waals surface area contributed by atoms with Crippen LogP contribution >= 0.6 is 0 Å². The summed E-state index contributed by atoms with van der Waals surface area (Å²) in [5, 5.41) is 0. The molecule has 6 heteroatoms. The summed E-state index contributed by atoms with van der Waals surface area (Å²) in [5.41, 5.74) is 0. The Morgan fingerprint density at radius 3 is 2.60 bits per heavy atom. The van der Waals surface area contributed by atoms with Gasteiger partial charge in [0.2, 0.25) is 5.91 Å². The van der Waals surface area contributed by atoms with Gasteiger partial charge in [-0.3, -0.25) is 9.59 Å². The Kier molecular flexibility index (Phi) is 4.30. The summed E-state index contributed by atoms with van der Waals surface area (Å²) in [4.78, 5) is 25.4. The highest BCUT2D eigenvalue weighted by atomic mass is 19.3. The molecule has 1 saturated carbocycles. The van der Waals surface area contributed by atoms with Crippen molar-refractivity contribution < 1.29 is 23.1 Å². The lowest BCUT2D eigenvalue weighted by Gasteiger charge is -2.31. The van der Waals surface area contributed by atoms with Gasteiger partial charge in [0.1, 0.15) is 0 Å². The summed E-state index contributed by atoms with van der Waals surface area (Å²) in [6.07, 6.45) is 1.82. The number of rotatable bonds is 5. The van der Waals surface area contributed by atoms with Crippen molar-refractivity contribution in [3.63, 3.8) is 0 Å². The Balaban J connectivity index is 1.76. The van der Waals surface area contributed by atoms with E-state index in [9.17, 15) is 18.4 Å². The predicted octanol–water partition coefficient (Wildman–Crippen LogP) is 2.36. The number of hydrogen-bond acceptors (Lipinski definition) is 3. The first kappa shape index (κ1) is 15.2. The van der Waals surface area contributed by atoms with Crippen LogP contribution in [0.1, 0.15) is 46.0 Å². The monoisotopic (exact) mass is 289 g/mol. The Labute approximate surface area is 117 Å². The molecule has 1 saturated heterocycles. The molecule has 4 nitrogen and oxygen atoms in total. The molecule has 1 aliphatic heterocycles. The van der Waals surface area contributed by atoms with Gasteiger partial charge in [0.25, 0.3) is 5.92 Å². The van der Waals surface area contributed by atoms with Crippen LogP contribution in [-0.4, -0.2) is 41.4 Å². The summed E-state index contributed by atoms with van der Waals surface area (Å²) in [5.74, 6) is -3.69. The van der Waals surface area contributed by atoms with Crippen molar-refractivity contribution in [3.05, 3.63) is 0 Å². The molecule has 1 amide bonds.